The maximum Gasteiger partial charge on any atom is 0.303 e. The number of rotatable bonds is 15. The molecule has 2 atom stereocenters. The summed E-state index contributed by atoms with van der Waals surface area (Å²) in [6.45, 7) is 0. The number of amides is 2. The fraction of sp³-hybridized carbons (Fsp3) is 0.242. The lowest BCUT2D eigenvalue weighted by Gasteiger charge is -2.20. The highest BCUT2D eigenvalue weighted by Gasteiger charge is 2.27. The summed E-state index contributed by atoms with van der Waals surface area (Å²) in [5.74, 6) is -3.35. The first-order chi connectivity index (χ1) is 20.3. The lowest BCUT2D eigenvalue weighted by molar-refractivity contribution is -0.138. The predicted octanol–water partition coefficient (Wildman–Crippen LogP) is 4.33. The average Bonchev–Trinajstić information content (AvgIpc) is 3.52. The minimum absolute atomic E-state index is 0.0762. The summed E-state index contributed by atoms with van der Waals surface area (Å²) >= 11 is 0. The summed E-state index contributed by atoms with van der Waals surface area (Å²) in [7, 11) is 0. The van der Waals surface area contributed by atoms with E-state index in [2.05, 4.69) is 51.7 Å². The van der Waals surface area contributed by atoms with E-state index in [-0.39, 0.29) is 38.0 Å². The molecule has 0 spiro atoms. The maximum absolute atomic E-state index is 13.0. The Kier molecular flexibility index (Phi) is 10.4. The zero-order valence-electron chi connectivity index (χ0n) is 23.2. The van der Waals surface area contributed by atoms with Crippen molar-refractivity contribution in [3.63, 3.8) is 0 Å². The van der Waals surface area contributed by atoms with Crippen LogP contribution in [0, 0.1) is 5.92 Å². The van der Waals surface area contributed by atoms with Crippen LogP contribution in [0.4, 0.5) is 0 Å². The third-order valence-corrected chi connectivity index (χ3v) is 7.16. The fourth-order valence-electron chi connectivity index (χ4n) is 4.78. The van der Waals surface area contributed by atoms with Crippen molar-refractivity contribution in [1.29, 1.82) is 0 Å². The molecule has 0 unspecified atom stereocenters. The molecule has 2 amide bonds. The van der Waals surface area contributed by atoms with Crippen molar-refractivity contribution in [2.24, 2.45) is 11.7 Å². The van der Waals surface area contributed by atoms with Crippen LogP contribution in [0.15, 0.2) is 91.4 Å². The van der Waals surface area contributed by atoms with Crippen molar-refractivity contribution < 1.29 is 24.3 Å². The highest BCUT2D eigenvalue weighted by atomic mass is 16.4. The summed E-state index contributed by atoms with van der Waals surface area (Å²) in [6.07, 6.45) is 3.16. The molecular weight excluding hydrogens is 532 g/mol. The van der Waals surface area contributed by atoms with Gasteiger partial charge in [-0.3, -0.25) is 19.2 Å². The molecule has 9 nitrogen and oxygen atoms in total. The molecule has 0 fully saturated rings. The van der Waals surface area contributed by atoms with Crippen LogP contribution in [0.5, 0.6) is 0 Å². The number of aliphatic carboxylic acids is 1. The number of aromatic amines is 1. The van der Waals surface area contributed by atoms with E-state index < -0.39 is 29.6 Å². The monoisotopic (exact) mass is 566 g/mol. The molecule has 4 aromatic rings. The second kappa shape index (κ2) is 14.5. The standard InChI is InChI=1S/C33H34N4O5/c34-33(42)27(18-28-20-35-21-36-28)19-30(38)29(15-17-32(40)41)37-31(39)16-8-22-6-9-24(10-7-22)26-13-11-25(12-14-26)23-4-2-1-3-5-23/h1-7,9-14,20-21,27,29H,8,15-19H2,(H2,34,42)(H,35,36)(H,37,39)(H,40,41)/t27-,29+/m1/s1. The summed E-state index contributed by atoms with van der Waals surface area (Å²) in [6, 6.07) is 25.4. The molecule has 0 saturated heterocycles. The number of carboxylic acids is 1. The second-order valence-corrected chi connectivity index (χ2v) is 10.2. The molecule has 1 aromatic heterocycles. The average molecular weight is 567 g/mol. The number of ketones is 1. The van der Waals surface area contributed by atoms with Crippen LogP contribution in [0.3, 0.4) is 0 Å². The van der Waals surface area contributed by atoms with Crippen LogP contribution in [0.25, 0.3) is 22.3 Å². The van der Waals surface area contributed by atoms with Crippen molar-refractivity contribution in [3.05, 3.63) is 103 Å². The van der Waals surface area contributed by atoms with E-state index in [0.29, 0.717) is 12.1 Å². The number of benzene rings is 3. The lowest BCUT2D eigenvalue weighted by Crippen LogP contribution is -2.43. The minimum atomic E-state index is -1.08. The molecule has 0 radical (unpaired) electrons. The van der Waals surface area contributed by atoms with Crippen LogP contribution >= 0.6 is 0 Å². The number of nitrogens with one attached hydrogen (secondary N) is 2. The number of hydrogen-bond acceptors (Lipinski definition) is 5. The number of carboxylic acid groups (broad SMARTS) is 1. The third-order valence-electron chi connectivity index (χ3n) is 7.16. The molecule has 3 aromatic carbocycles. The number of nitrogens with zero attached hydrogens (tertiary/aromatic N) is 1. The molecule has 0 aliphatic rings. The van der Waals surface area contributed by atoms with Gasteiger partial charge in [0, 0.05) is 37.6 Å². The van der Waals surface area contributed by atoms with Gasteiger partial charge in [-0.05, 0) is 40.7 Å². The van der Waals surface area contributed by atoms with E-state index in [9.17, 15) is 19.2 Å². The minimum Gasteiger partial charge on any atom is -0.481 e. The summed E-state index contributed by atoms with van der Waals surface area (Å²) < 4.78 is 0. The number of carbonyl (C=O) groups is 4. The van der Waals surface area contributed by atoms with Gasteiger partial charge in [0.15, 0.2) is 5.78 Å². The lowest BCUT2D eigenvalue weighted by atomic mass is 9.92. The zero-order valence-corrected chi connectivity index (χ0v) is 23.2. The van der Waals surface area contributed by atoms with Crippen molar-refractivity contribution in [2.45, 2.75) is 44.6 Å². The Morgan fingerprint density at radius 1 is 0.833 bits per heavy atom. The smallest absolute Gasteiger partial charge is 0.303 e. The number of hydrogen-bond donors (Lipinski definition) is 4. The number of H-pyrrole nitrogens is 1. The number of aryl methyl sites for hydroxylation is 1. The van der Waals surface area contributed by atoms with Gasteiger partial charge in [0.05, 0.1) is 18.3 Å². The molecule has 0 aliphatic heterocycles. The Morgan fingerprint density at radius 3 is 1.98 bits per heavy atom. The Morgan fingerprint density at radius 2 is 1.43 bits per heavy atom. The number of imidazole rings is 1. The molecular formula is C33H34N4O5. The van der Waals surface area contributed by atoms with Gasteiger partial charge in [-0.2, -0.15) is 0 Å². The van der Waals surface area contributed by atoms with Gasteiger partial charge in [0.1, 0.15) is 0 Å². The van der Waals surface area contributed by atoms with Gasteiger partial charge in [-0.25, -0.2) is 4.98 Å². The van der Waals surface area contributed by atoms with Gasteiger partial charge >= 0.3 is 5.97 Å². The van der Waals surface area contributed by atoms with Crippen molar-refractivity contribution in [3.8, 4) is 22.3 Å². The first-order valence-electron chi connectivity index (χ1n) is 13.8. The van der Waals surface area contributed by atoms with Crippen LogP contribution < -0.4 is 11.1 Å². The zero-order chi connectivity index (χ0) is 29.9. The molecule has 4 rings (SSSR count). The normalized spacial score (nSPS) is 12.3. The van der Waals surface area contributed by atoms with Gasteiger partial charge in [0.2, 0.25) is 11.8 Å². The van der Waals surface area contributed by atoms with E-state index in [1.165, 1.54) is 12.5 Å². The van der Waals surface area contributed by atoms with Crippen LogP contribution in [0.1, 0.15) is 36.9 Å². The molecule has 42 heavy (non-hydrogen) atoms. The Labute approximate surface area is 244 Å². The number of aromatic nitrogens is 2. The van der Waals surface area contributed by atoms with Crippen molar-refractivity contribution in [1.82, 2.24) is 15.3 Å². The fourth-order valence-corrected chi connectivity index (χ4v) is 4.78. The Balaban J connectivity index is 1.32. The van der Waals surface area contributed by atoms with E-state index in [4.69, 9.17) is 10.8 Å². The number of nitrogens with two attached hydrogens (primary N) is 1. The molecule has 9 heteroatoms. The van der Waals surface area contributed by atoms with E-state index >= 15 is 0 Å². The predicted molar refractivity (Wildman–Crippen MR) is 159 cm³/mol. The number of Topliss-reactive ketones (excluding diaryl/α,β-unsaturated/α-hetero) is 1. The van der Waals surface area contributed by atoms with Crippen LogP contribution in [0.2, 0.25) is 0 Å². The molecule has 0 bridgehead atoms. The highest BCUT2D eigenvalue weighted by molar-refractivity contribution is 5.92. The van der Waals surface area contributed by atoms with Gasteiger partial charge in [0.25, 0.3) is 0 Å². The van der Waals surface area contributed by atoms with Crippen molar-refractivity contribution in [2.75, 3.05) is 0 Å². The quantitative estimate of drug-likeness (QED) is 0.168. The topological polar surface area (TPSA) is 155 Å². The van der Waals surface area contributed by atoms with Crippen molar-refractivity contribution >= 4 is 23.6 Å². The maximum atomic E-state index is 13.0. The van der Waals surface area contributed by atoms with Gasteiger partial charge < -0.3 is 21.1 Å². The number of carbonyl (C=O) groups excluding carboxylic acids is 3. The first-order valence-corrected chi connectivity index (χ1v) is 13.8. The second-order valence-electron chi connectivity index (χ2n) is 10.2. The summed E-state index contributed by atoms with van der Waals surface area (Å²) in [5.41, 5.74) is 11.6. The molecule has 0 aliphatic carbocycles. The van der Waals surface area contributed by atoms with Gasteiger partial charge in [-0.15, -0.1) is 0 Å². The third kappa shape index (κ3) is 8.72. The van der Waals surface area contributed by atoms with E-state index in [0.717, 1.165) is 27.8 Å². The molecule has 0 saturated carbocycles. The van der Waals surface area contributed by atoms with E-state index in [1.807, 2.05) is 42.5 Å². The van der Waals surface area contributed by atoms with Crippen LogP contribution in [-0.4, -0.2) is 44.7 Å². The first kappa shape index (κ1) is 29.9. The highest BCUT2D eigenvalue weighted by Crippen LogP contribution is 2.25. The summed E-state index contributed by atoms with van der Waals surface area (Å²) in [5, 5.41) is 11.8. The SMILES string of the molecule is NC(=O)[C@@H](CC(=O)[C@H](CCC(=O)O)NC(=O)CCc1ccc(-c2ccc(-c3ccccc3)cc2)cc1)Cc1cnc[nH]1. The molecule has 1 heterocycles. The number of primary amides is 1. The molecule has 5 N–H and O–H groups in total. The Bertz CT molecular complexity index is 1480. The summed E-state index contributed by atoms with van der Waals surface area (Å²) in [4.78, 5) is 55.7. The largest absolute Gasteiger partial charge is 0.481 e. The van der Waals surface area contributed by atoms with Gasteiger partial charge in [-0.1, -0.05) is 78.9 Å². The Hall–Kier alpha value is -5.05. The van der Waals surface area contributed by atoms with E-state index in [1.54, 1.807) is 0 Å². The molecule has 216 valence electrons. The van der Waals surface area contributed by atoms with Crippen LogP contribution in [-0.2, 0) is 32.0 Å².